The zero-order chi connectivity index (χ0) is 15.9. The van der Waals surface area contributed by atoms with Crippen LogP contribution in [-0.2, 0) is 11.2 Å². The molecular weight excluding hydrogens is 278 g/mol. The number of hydrogen-bond acceptors (Lipinski definition) is 4. The van der Waals surface area contributed by atoms with Crippen molar-refractivity contribution in [2.45, 2.75) is 32.6 Å². The number of terminal acetylenes is 1. The van der Waals surface area contributed by atoms with Gasteiger partial charge in [0.15, 0.2) is 0 Å². The van der Waals surface area contributed by atoms with Crippen LogP contribution in [0.15, 0.2) is 28.8 Å². The molecule has 0 aliphatic carbocycles. The Labute approximate surface area is 130 Å². The van der Waals surface area contributed by atoms with Crippen LogP contribution in [0.2, 0.25) is 0 Å². The second-order valence-corrected chi connectivity index (χ2v) is 5.27. The van der Waals surface area contributed by atoms with E-state index in [9.17, 15) is 4.79 Å². The number of nitrogens with zero attached hydrogens (tertiary/aromatic N) is 2. The molecule has 0 radical (unpaired) electrons. The van der Waals surface area contributed by atoms with E-state index in [1.165, 1.54) is 5.56 Å². The predicted molar refractivity (Wildman–Crippen MR) is 84.0 cm³/mol. The zero-order valence-corrected chi connectivity index (χ0v) is 12.8. The fourth-order valence-corrected chi connectivity index (χ4v) is 1.95. The van der Waals surface area contributed by atoms with Crippen LogP contribution < -0.4 is 5.32 Å². The molecule has 1 amide bonds. The first kappa shape index (κ1) is 15.8. The lowest BCUT2D eigenvalue weighted by atomic mass is 10.0. The van der Waals surface area contributed by atoms with E-state index in [0.717, 1.165) is 5.56 Å². The number of amides is 1. The summed E-state index contributed by atoms with van der Waals surface area (Å²) in [5, 5.41) is 6.54. The summed E-state index contributed by atoms with van der Waals surface area (Å²) in [7, 11) is 0. The maximum Gasteiger partial charge on any atom is 0.227 e. The summed E-state index contributed by atoms with van der Waals surface area (Å²) in [6.45, 7) is 4.52. The molecule has 5 nitrogen and oxygen atoms in total. The normalized spacial score (nSPS) is 10.5. The van der Waals surface area contributed by atoms with Gasteiger partial charge in [0.1, 0.15) is 0 Å². The molecule has 0 aliphatic rings. The van der Waals surface area contributed by atoms with Crippen molar-refractivity contribution in [2.75, 3.05) is 6.54 Å². The minimum absolute atomic E-state index is 0.126. The smallest absolute Gasteiger partial charge is 0.227 e. The number of carbonyl (C=O) groups is 1. The molecule has 1 N–H and O–H groups in total. The van der Waals surface area contributed by atoms with Crippen molar-refractivity contribution in [3.05, 3.63) is 35.7 Å². The van der Waals surface area contributed by atoms with Gasteiger partial charge in [0, 0.05) is 18.4 Å². The van der Waals surface area contributed by atoms with Gasteiger partial charge in [-0.05, 0) is 11.5 Å². The molecule has 2 aromatic rings. The molecule has 0 atom stereocenters. The molecule has 0 fully saturated rings. The van der Waals surface area contributed by atoms with Crippen LogP contribution in [0.1, 0.15) is 37.6 Å². The van der Waals surface area contributed by atoms with E-state index in [1.807, 2.05) is 12.1 Å². The minimum atomic E-state index is -0.126. The number of rotatable bonds is 6. The molecule has 22 heavy (non-hydrogen) atoms. The lowest BCUT2D eigenvalue weighted by molar-refractivity contribution is -0.120. The summed E-state index contributed by atoms with van der Waals surface area (Å²) >= 11 is 0. The average molecular weight is 297 g/mol. The molecule has 2 rings (SSSR count). The fourth-order valence-electron chi connectivity index (χ4n) is 1.95. The lowest BCUT2D eigenvalue weighted by Gasteiger charge is -2.04. The van der Waals surface area contributed by atoms with Crippen LogP contribution in [0.3, 0.4) is 0 Å². The van der Waals surface area contributed by atoms with E-state index in [-0.39, 0.29) is 18.9 Å². The molecule has 0 unspecified atom stereocenters. The van der Waals surface area contributed by atoms with E-state index in [4.69, 9.17) is 10.9 Å². The Bertz CT molecular complexity index is 666. The molecular formula is C17H19N3O2. The Hall–Kier alpha value is -2.61. The van der Waals surface area contributed by atoms with E-state index in [2.05, 4.69) is 47.4 Å². The Balaban J connectivity index is 1.96. The fraction of sp³-hybridized carbons (Fsp3) is 0.353. The van der Waals surface area contributed by atoms with Gasteiger partial charge in [-0.3, -0.25) is 4.79 Å². The van der Waals surface area contributed by atoms with Crippen molar-refractivity contribution in [3.8, 4) is 23.7 Å². The molecule has 1 aromatic carbocycles. The molecule has 5 heteroatoms. The first-order valence-electron chi connectivity index (χ1n) is 7.23. The summed E-state index contributed by atoms with van der Waals surface area (Å²) in [5.41, 5.74) is 2.16. The van der Waals surface area contributed by atoms with Gasteiger partial charge in [0.2, 0.25) is 17.6 Å². The summed E-state index contributed by atoms with van der Waals surface area (Å²) in [5.74, 6) is 3.69. The molecule has 1 aromatic heterocycles. The van der Waals surface area contributed by atoms with E-state index in [1.54, 1.807) is 0 Å². The van der Waals surface area contributed by atoms with Gasteiger partial charge in [-0.15, -0.1) is 6.42 Å². The third kappa shape index (κ3) is 4.19. The molecule has 0 aliphatic heterocycles. The van der Waals surface area contributed by atoms with E-state index >= 15 is 0 Å². The standard InChI is InChI=1S/C17H19N3O2/c1-4-11-18-15(21)9-10-16-19-17(20-22-16)14-7-5-13(6-8-14)12(2)3/h1,5-8,12H,9-11H2,2-3H3,(H,18,21). The molecule has 0 spiro atoms. The van der Waals surface area contributed by atoms with Crippen LogP contribution in [0.4, 0.5) is 0 Å². The number of nitrogens with one attached hydrogen (secondary N) is 1. The molecule has 114 valence electrons. The lowest BCUT2D eigenvalue weighted by Crippen LogP contribution is -2.23. The molecule has 0 saturated carbocycles. The van der Waals surface area contributed by atoms with Crippen molar-refractivity contribution in [1.82, 2.24) is 15.5 Å². The minimum Gasteiger partial charge on any atom is -0.345 e. The van der Waals surface area contributed by atoms with Crippen LogP contribution in [0.5, 0.6) is 0 Å². The predicted octanol–water partition coefficient (Wildman–Crippen LogP) is 2.54. The van der Waals surface area contributed by atoms with Gasteiger partial charge >= 0.3 is 0 Å². The highest BCUT2D eigenvalue weighted by atomic mass is 16.5. The van der Waals surface area contributed by atoms with Gasteiger partial charge in [-0.1, -0.05) is 49.2 Å². The van der Waals surface area contributed by atoms with Crippen molar-refractivity contribution < 1.29 is 9.32 Å². The summed E-state index contributed by atoms with van der Waals surface area (Å²) < 4.78 is 5.17. The Morgan fingerprint density at radius 1 is 1.36 bits per heavy atom. The average Bonchev–Trinajstić information content (AvgIpc) is 3.00. The van der Waals surface area contributed by atoms with E-state index < -0.39 is 0 Å². The summed E-state index contributed by atoms with van der Waals surface area (Å²) in [4.78, 5) is 15.8. The number of aryl methyl sites for hydroxylation is 1. The van der Waals surface area contributed by atoms with Gasteiger partial charge in [0.25, 0.3) is 0 Å². The van der Waals surface area contributed by atoms with Gasteiger partial charge in [-0.25, -0.2) is 0 Å². The summed E-state index contributed by atoms with van der Waals surface area (Å²) in [6, 6.07) is 8.07. The zero-order valence-electron chi connectivity index (χ0n) is 12.8. The third-order valence-corrected chi connectivity index (χ3v) is 3.26. The number of aromatic nitrogens is 2. The molecule has 0 saturated heterocycles. The number of benzene rings is 1. The summed E-state index contributed by atoms with van der Waals surface area (Å²) in [6.07, 6.45) is 5.75. The van der Waals surface area contributed by atoms with Crippen LogP contribution >= 0.6 is 0 Å². The highest BCUT2D eigenvalue weighted by Gasteiger charge is 2.10. The number of hydrogen-bond donors (Lipinski definition) is 1. The first-order chi connectivity index (χ1) is 10.6. The van der Waals surface area contributed by atoms with Crippen molar-refractivity contribution in [1.29, 1.82) is 0 Å². The second-order valence-electron chi connectivity index (χ2n) is 5.27. The van der Waals surface area contributed by atoms with Gasteiger partial charge in [-0.2, -0.15) is 4.98 Å². The van der Waals surface area contributed by atoms with Crippen molar-refractivity contribution >= 4 is 5.91 Å². The van der Waals surface area contributed by atoms with E-state index in [0.29, 0.717) is 24.1 Å². The van der Waals surface area contributed by atoms with Crippen molar-refractivity contribution in [2.24, 2.45) is 0 Å². The monoisotopic (exact) mass is 297 g/mol. The highest BCUT2D eigenvalue weighted by Crippen LogP contribution is 2.20. The molecule has 1 heterocycles. The maximum atomic E-state index is 11.5. The largest absolute Gasteiger partial charge is 0.345 e. The van der Waals surface area contributed by atoms with Crippen molar-refractivity contribution in [3.63, 3.8) is 0 Å². The highest BCUT2D eigenvalue weighted by molar-refractivity contribution is 5.76. The SMILES string of the molecule is C#CCNC(=O)CCc1nc(-c2ccc(C(C)C)cc2)no1. The third-order valence-electron chi connectivity index (χ3n) is 3.26. The maximum absolute atomic E-state index is 11.5. The van der Waals surface area contributed by atoms with Gasteiger partial charge < -0.3 is 9.84 Å². The van der Waals surface area contributed by atoms with Gasteiger partial charge in [0.05, 0.1) is 6.54 Å². The quantitative estimate of drug-likeness (QED) is 0.832. The van der Waals surface area contributed by atoms with Crippen LogP contribution in [0, 0.1) is 12.3 Å². The second kappa shape index (κ2) is 7.41. The van der Waals surface area contributed by atoms with Crippen LogP contribution in [0.25, 0.3) is 11.4 Å². The topological polar surface area (TPSA) is 68.0 Å². The number of carbonyl (C=O) groups excluding carboxylic acids is 1. The Kier molecular flexibility index (Phi) is 5.31. The Morgan fingerprint density at radius 3 is 2.73 bits per heavy atom. The Morgan fingerprint density at radius 2 is 2.09 bits per heavy atom. The first-order valence-corrected chi connectivity index (χ1v) is 7.23. The van der Waals surface area contributed by atoms with Crippen LogP contribution in [-0.4, -0.2) is 22.6 Å². The molecule has 0 bridgehead atoms.